The van der Waals surface area contributed by atoms with Crippen LogP contribution in [0.1, 0.15) is 17.5 Å². The SMILES string of the molecule is Cc1ccc(S(=O)(=O)n2cc(-c3nc(-c4cccc([C@]5(O)CCN(C)C5=O)c4)co3)c3cccnc32)cc1. The average molecular weight is 529 g/mol. The maximum absolute atomic E-state index is 13.5. The van der Waals surface area contributed by atoms with Gasteiger partial charge in [-0.25, -0.2) is 22.4 Å². The van der Waals surface area contributed by atoms with E-state index in [-0.39, 0.29) is 22.3 Å². The minimum absolute atomic E-state index is 0.146. The van der Waals surface area contributed by atoms with Crippen LogP contribution >= 0.6 is 0 Å². The Balaban J connectivity index is 1.42. The lowest BCUT2D eigenvalue weighted by Crippen LogP contribution is -2.36. The van der Waals surface area contributed by atoms with Crippen molar-refractivity contribution in [3.8, 4) is 22.7 Å². The number of rotatable bonds is 5. The molecule has 0 bridgehead atoms. The van der Waals surface area contributed by atoms with E-state index in [1.165, 1.54) is 23.6 Å². The number of amides is 1. The van der Waals surface area contributed by atoms with Gasteiger partial charge in [0.1, 0.15) is 12.0 Å². The summed E-state index contributed by atoms with van der Waals surface area (Å²) in [5, 5.41) is 11.6. The number of nitrogens with zero attached hydrogens (tertiary/aromatic N) is 4. The fourth-order valence-electron chi connectivity index (χ4n) is 4.80. The Kier molecular flexibility index (Phi) is 5.48. The Morgan fingerprint density at radius 3 is 2.61 bits per heavy atom. The molecule has 192 valence electrons. The van der Waals surface area contributed by atoms with Crippen molar-refractivity contribution in [3.05, 3.63) is 90.4 Å². The maximum Gasteiger partial charge on any atom is 0.269 e. The standard InChI is InChI=1S/C28H24N4O5S/c1-18-8-10-21(11-9-18)38(35,36)32-16-23(22-7-4-13-29-25(22)32)26-30-24(17-37-26)19-5-3-6-20(15-19)28(34)12-14-31(2)27(28)33/h3-11,13,15-17,34H,12,14H2,1-2H3/t28-/m1/s1. The third kappa shape index (κ3) is 3.72. The van der Waals surface area contributed by atoms with Crippen LogP contribution in [0.4, 0.5) is 0 Å². The zero-order chi connectivity index (χ0) is 26.7. The molecule has 1 aliphatic heterocycles. The van der Waals surface area contributed by atoms with Gasteiger partial charge in [-0.3, -0.25) is 4.79 Å². The van der Waals surface area contributed by atoms with E-state index in [0.717, 1.165) is 9.54 Å². The molecule has 0 aliphatic carbocycles. The number of aryl methyl sites for hydroxylation is 1. The number of carbonyl (C=O) groups is 1. The molecule has 1 atom stereocenters. The Labute approximate surface area is 219 Å². The Morgan fingerprint density at radius 2 is 1.87 bits per heavy atom. The third-order valence-corrected chi connectivity index (χ3v) is 8.65. The molecule has 10 heteroatoms. The summed E-state index contributed by atoms with van der Waals surface area (Å²) in [6, 6.07) is 17.1. The summed E-state index contributed by atoms with van der Waals surface area (Å²) in [4.78, 5) is 23.2. The van der Waals surface area contributed by atoms with Crippen LogP contribution in [0.5, 0.6) is 0 Å². The highest BCUT2D eigenvalue weighted by molar-refractivity contribution is 7.90. The van der Waals surface area contributed by atoms with Crippen molar-refractivity contribution in [3.63, 3.8) is 0 Å². The van der Waals surface area contributed by atoms with Crippen LogP contribution in [0.2, 0.25) is 0 Å². The number of pyridine rings is 1. The quantitative estimate of drug-likeness (QED) is 0.367. The monoisotopic (exact) mass is 528 g/mol. The van der Waals surface area contributed by atoms with Crippen molar-refractivity contribution in [1.82, 2.24) is 18.8 Å². The Bertz CT molecular complexity index is 1810. The summed E-state index contributed by atoms with van der Waals surface area (Å²) in [6.07, 6.45) is 4.77. The molecule has 1 N–H and O–H groups in total. The van der Waals surface area contributed by atoms with Crippen molar-refractivity contribution in [2.24, 2.45) is 0 Å². The second-order valence-corrected chi connectivity index (χ2v) is 11.3. The molecule has 3 aromatic heterocycles. The largest absolute Gasteiger partial charge is 0.444 e. The number of hydrogen-bond acceptors (Lipinski definition) is 7. The van der Waals surface area contributed by atoms with Crippen LogP contribution in [-0.4, -0.2) is 51.9 Å². The highest BCUT2D eigenvalue weighted by Gasteiger charge is 2.45. The van der Waals surface area contributed by atoms with Crippen molar-refractivity contribution < 1.29 is 22.7 Å². The summed E-state index contributed by atoms with van der Waals surface area (Å²) in [7, 11) is -2.26. The summed E-state index contributed by atoms with van der Waals surface area (Å²) >= 11 is 0. The number of oxazole rings is 1. The van der Waals surface area contributed by atoms with E-state index in [0.29, 0.717) is 40.7 Å². The van der Waals surface area contributed by atoms with Crippen LogP contribution in [0.25, 0.3) is 33.7 Å². The number of benzene rings is 2. The van der Waals surface area contributed by atoms with Gasteiger partial charge in [0.15, 0.2) is 11.2 Å². The van der Waals surface area contributed by atoms with Gasteiger partial charge >= 0.3 is 0 Å². The van der Waals surface area contributed by atoms with Crippen molar-refractivity contribution in [2.75, 3.05) is 13.6 Å². The molecular weight excluding hydrogens is 504 g/mol. The highest BCUT2D eigenvalue weighted by Crippen LogP contribution is 2.36. The molecule has 0 radical (unpaired) electrons. The summed E-state index contributed by atoms with van der Waals surface area (Å²) in [5.41, 5.74) is 1.72. The van der Waals surface area contributed by atoms with Crippen LogP contribution < -0.4 is 0 Å². The second kappa shape index (κ2) is 8.64. The van der Waals surface area contributed by atoms with Gasteiger partial charge in [0, 0.05) is 43.4 Å². The molecule has 1 fully saturated rings. The molecule has 6 rings (SSSR count). The second-order valence-electron chi connectivity index (χ2n) is 9.49. The van der Waals surface area contributed by atoms with Gasteiger partial charge < -0.3 is 14.4 Å². The topological polar surface area (TPSA) is 119 Å². The predicted octanol–water partition coefficient (Wildman–Crippen LogP) is 3.95. The molecular formula is C28H24N4O5S. The lowest BCUT2D eigenvalue weighted by Gasteiger charge is -2.21. The lowest BCUT2D eigenvalue weighted by atomic mass is 9.90. The van der Waals surface area contributed by atoms with Gasteiger partial charge in [-0.1, -0.05) is 35.9 Å². The zero-order valence-electron chi connectivity index (χ0n) is 20.7. The van der Waals surface area contributed by atoms with Crippen LogP contribution in [-0.2, 0) is 20.4 Å². The van der Waals surface area contributed by atoms with Gasteiger partial charge in [0.2, 0.25) is 5.89 Å². The number of likely N-dealkylation sites (tertiary alicyclic amines) is 1. The maximum atomic E-state index is 13.5. The van der Waals surface area contributed by atoms with Gasteiger partial charge in [0.05, 0.1) is 10.5 Å². The average Bonchev–Trinajstić information content (AvgIpc) is 3.63. The zero-order valence-corrected chi connectivity index (χ0v) is 21.5. The van der Waals surface area contributed by atoms with E-state index >= 15 is 0 Å². The lowest BCUT2D eigenvalue weighted by molar-refractivity contribution is -0.143. The first-order valence-electron chi connectivity index (χ1n) is 12.0. The first-order valence-corrected chi connectivity index (χ1v) is 13.5. The molecule has 0 saturated carbocycles. The molecule has 4 heterocycles. The number of carbonyl (C=O) groups excluding carboxylic acids is 1. The molecule has 5 aromatic rings. The van der Waals surface area contributed by atoms with Crippen molar-refractivity contribution >= 4 is 27.0 Å². The van der Waals surface area contributed by atoms with Crippen LogP contribution in [0.3, 0.4) is 0 Å². The van der Waals surface area contributed by atoms with Crippen molar-refractivity contribution in [1.29, 1.82) is 0 Å². The van der Waals surface area contributed by atoms with E-state index in [9.17, 15) is 18.3 Å². The number of fused-ring (bicyclic) bond motifs is 1. The normalized spacial score (nSPS) is 18.0. The fraction of sp³-hybridized carbons (Fsp3) is 0.179. The number of likely N-dealkylation sites (N-methyl/N-ethyl adjacent to an activating group) is 1. The van der Waals surface area contributed by atoms with Gasteiger partial charge in [0.25, 0.3) is 15.9 Å². The van der Waals surface area contributed by atoms with E-state index < -0.39 is 15.6 Å². The Hall–Kier alpha value is -4.28. The first-order chi connectivity index (χ1) is 18.2. The smallest absolute Gasteiger partial charge is 0.269 e. The molecule has 0 spiro atoms. The van der Waals surface area contributed by atoms with Gasteiger partial charge in [-0.15, -0.1) is 0 Å². The molecule has 1 saturated heterocycles. The molecule has 1 amide bonds. The molecule has 2 aromatic carbocycles. The first kappa shape index (κ1) is 24.1. The number of aliphatic hydroxyl groups is 1. The summed E-state index contributed by atoms with van der Waals surface area (Å²) in [6.45, 7) is 2.36. The predicted molar refractivity (Wildman–Crippen MR) is 141 cm³/mol. The van der Waals surface area contributed by atoms with E-state index in [1.807, 2.05) is 13.0 Å². The molecule has 38 heavy (non-hydrogen) atoms. The number of aromatic nitrogens is 3. The minimum atomic E-state index is -3.93. The van der Waals surface area contributed by atoms with E-state index in [2.05, 4.69) is 9.97 Å². The molecule has 0 unspecified atom stereocenters. The van der Waals surface area contributed by atoms with E-state index in [4.69, 9.17) is 4.42 Å². The molecule has 9 nitrogen and oxygen atoms in total. The number of hydrogen-bond donors (Lipinski definition) is 1. The van der Waals surface area contributed by atoms with Crippen molar-refractivity contribution in [2.45, 2.75) is 23.8 Å². The summed E-state index contributed by atoms with van der Waals surface area (Å²) < 4.78 is 33.9. The minimum Gasteiger partial charge on any atom is -0.444 e. The van der Waals surface area contributed by atoms with Crippen LogP contribution in [0, 0.1) is 6.92 Å². The summed E-state index contributed by atoms with van der Waals surface area (Å²) in [5.74, 6) is -0.123. The molecule has 1 aliphatic rings. The highest BCUT2D eigenvalue weighted by atomic mass is 32.2. The Morgan fingerprint density at radius 1 is 1.08 bits per heavy atom. The fourth-order valence-corrected chi connectivity index (χ4v) is 6.12. The third-order valence-electron chi connectivity index (χ3n) is 6.99. The van der Waals surface area contributed by atoms with Crippen LogP contribution in [0.15, 0.2) is 88.6 Å². The van der Waals surface area contributed by atoms with Gasteiger partial charge in [-0.05, 0) is 42.8 Å². The van der Waals surface area contributed by atoms with Gasteiger partial charge in [-0.2, -0.15) is 0 Å². The van der Waals surface area contributed by atoms with E-state index in [1.54, 1.807) is 61.6 Å².